The minimum absolute atomic E-state index is 0.106. The molecule has 0 heterocycles. The van der Waals surface area contributed by atoms with Gasteiger partial charge < -0.3 is 15.5 Å². The zero-order valence-corrected chi connectivity index (χ0v) is 13.3. The molecule has 1 aromatic carbocycles. The van der Waals surface area contributed by atoms with Crippen molar-refractivity contribution in [3.05, 3.63) is 35.4 Å². The molecule has 1 atom stereocenters. The predicted octanol–water partition coefficient (Wildman–Crippen LogP) is 1.39. The molecular formula is C16H25N3O2. The Hall–Kier alpha value is -1.88. The third-order valence-corrected chi connectivity index (χ3v) is 3.32. The normalized spacial score (nSPS) is 11.8. The second-order valence-corrected chi connectivity index (χ2v) is 5.19. The number of amides is 2. The largest absolute Gasteiger partial charge is 0.355 e. The van der Waals surface area contributed by atoms with Gasteiger partial charge in [-0.3, -0.25) is 9.59 Å². The summed E-state index contributed by atoms with van der Waals surface area (Å²) in [4.78, 5) is 25.2. The fourth-order valence-electron chi connectivity index (χ4n) is 2.11. The van der Waals surface area contributed by atoms with Gasteiger partial charge in [0.15, 0.2) is 0 Å². The van der Waals surface area contributed by atoms with Crippen molar-refractivity contribution in [3.8, 4) is 0 Å². The average Bonchev–Trinajstić information content (AvgIpc) is 2.47. The van der Waals surface area contributed by atoms with Crippen LogP contribution in [0.4, 0.5) is 0 Å². The van der Waals surface area contributed by atoms with Gasteiger partial charge >= 0.3 is 0 Å². The Morgan fingerprint density at radius 3 is 2.38 bits per heavy atom. The fraction of sp³-hybridized carbons (Fsp3) is 0.500. The standard InChI is InChI=1S/C16H25N3O2/c1-5-18-12(2)10-15(20)19(4)11-13-6-8-14(9-7-13)16(21)17-3/h6-9,12,18H,5,10-11H2,1-4H3,(H,17,21). The first-order chi connectivity index (χ1) is 9.97. The maximum Gasteiger partial charge on any atom is 0.251 e. The van der Waals surface area contributed by atoms with Gasteiger partial charge in [0, 0.05) is 38.7 Å². The number of rotatable bonds is 7. The van der Waals surface area contributed by atoms with Crippen molar-refractivity contribution >= 4 is 11.8 Å². The zero-order chi connectivity index (χ0) is 15.8. The number of nitrogens with zero attached hydrogens (tertiary/aromatic N) is 1. The maximum absolute atomic E-state index is 12.1. The molecule has 0 aliphatic rings. The van der Waals surface area contributed by atoms with E-state index in [4.69, 9.17) is 0 Å². The van der Waals surface area contributed by atoms with Crippen LogP contribution in [0.3, 0.4) is 0 Å². The van der Waals surface area contributed by atoms with E-state index in [-0.39, 0.29) is 17.9 Å². The van der Waals surface area contributed by atoms with E-state index in [1.165, 1.54) is 0 Å². The van der Waals surface area contributed by atoms with E-state index in [2.05, 4.69) is 10.6 Å². The number of benzene rings is 1. The summed E-state index contributed by atoms with van der Waals surface area (Å²) in [6, 6.07) is 7.48. The molecule has 116 valence electrons. The molecule has 0 radical (unpaired) electrons. The van der Waals surface area contributed by atoms with Crippen LogP contribution in [0.2, 0.25) is 0 Å². The third kappa shape index (κ3) is 5.55. The predicted molar refractivity (Wildman–Crippen MR) is 84.1 cm³/mol. The monoisotopic (exact) mass is 291 g/mol. The summed E-state index contributed by atoms with van der Waals surface area (Å²) in [5.74, 6) is 0.00396. The van der Waals surface area contributed by atoms with Crippen molar-refractivity contribution in [1.29, 1.82) is 0 Å². The minimum Gasteiger partial charge on any atom is -0.355 e. The van der Waals surface area contributed by atoms with Gasteiger partial charge in [-0.15, -0.1) is 0 Å². The average molecular weight is 291 g/mol. The quantitative estimate of drug-likeness (QED) is 0.798. The van der Waals surface area contributed by atoms with E-state index in [9.17, 15) is 9.59 Å². The molecule has 2 amide bonds. The molecule has 0 aliphatic heterocycles. The molecule has 1 rings (SSSR count). The van der Waals surface area contributed by atoms with Crippen LogP contribution < -0.4 is 10.6 Å². The lowest BCUT2D eigenvalue weighted by Crippen LogP contribution is -2.34. The molecule has 0 fully saturated rings. The Balaban J connectivity index is 2.56. The van der Waals surface area contributed by atoms with Gasteiger partial charge in [0.2, 0.25) is 5.91 Å². The number of carbonyl (C=O) groups excluding carboxylic acids is 2. The molecular weight excluding hydrogens is 266 g/mol. The Bertz CT molecular complexity index is 471. The Morgan fingerprint density at radius 2 is 1.86 bits per heavy atom. The molecule has 5 heteroatoms. The van der Waals surface area contributed by atoms with E-state index < -0.39 is 0 Å². The first-order valence-electron chi connectivity index (χ1n) is 7.26. The lowest BCUT2D eigenvalue weighted by Gasteiger charge is -2.20. The Labute approximate surface area is 126 Å². The summed E-state index contributed by atoms with van der Waals surface area (Å²) in [5, 5.41) is 5.81. The molecule has 0 bridgehead atoms. The summed E-state index contributed by atoms with van der Waals surface area (Å²) in [6.45, 7) is 5.44. The molecule has 0 spiro atoms. The van der Waals surface area contributed by atoms with Gasteiger partial charge in [0.1, 0.15) is 0 Å². The van der Waals surface area contributed by atoms with Crippen LogP contribution in [0, 0.1) is 0 Å². The SMILES string of the molecule is CCNC(C)CC(=O)N(C)Cc1ccc(C(=O)NC)cc1. The fourth-order valence-corrected chi connectivity index (χ4v) is 2.11. The lowest BCUT2D eigenvalue weighted by molar-refractivity contribution is -0.130. The second-order valence-electron chi connectivity index (χ2n) is 5.19. The summed E-state index contributed by atoms with van der Waals surface area (Å²) in [7, 11) is 3.40. The molecule has 21 heavy (non-hydrogen) atoms. The third-order valence-electron chi connectivity index (χ3n) is 3.32. The number of hydrogen-bond acceptors (Lipinski definition) is 3. The van der Waals surface area contributed by atoms with E-state index in [0.29, 0.717) is 18.5 Å². The zero-order valence-electron chi connectivity index (χ0n) is 13.3. The van der Waals surface area contributed by atoms with E-state index in [0.717, 1.165) is 12.1 Å². The van der Waals surface area contributed by atoms with Crippen molar-refractivity contribution < 1.29 is 9.59 Å². The van der Waals surface area contributed by atoms with Gasteiger partial charge in [-0.2, -0.15) is 0 Å². The summed E-state index contributed by atoms with van der Waals surface area (Å²) < 4.78 is 0. The van der Waals surface area contributed by atoms with Gasteiger partial charge in [0.05, 0.1) is 0 Å². The van der Waals surface area contributed by atoms with Crippen molar-refractivity contribution in [3.63, 3.8) is 0 Å². The van der Waals surface area contributed by atoms with E-state index in [1.807, 2.05) is 26.0 Å². The highest BCUT2D eigenvalue weighted by Gasteiger charge is 2.13. The molecule has 1 aromatic rings. The molecule has 5 nitrogen and oxygen atoms in total. The smallest absolute Gasteiger partial charge is 0.251 e. The Kier molecular flexibility index (Phi) is 6.88. The van der Waals surface area contributed by atoms with Crippen LogP contribution in [0.5, 0.6) is 0 Å². The van der Waals surface area contributed by atoms with Gasteiger partial charge in [-0.05, 0) is 31.2 Å². The van der Waals surface area contributed by atoms with E-state index >= 15 is 0 Å². The van der Waals surface area contributed by atoms with Crippen LogP contribution in [-0.4, -0.2) is 43.4 Å². The second kappa shape index (κ2) is 8.42. The molecule has 0 saturated carbocycles. The van der Waals surface area contributed by atoms with Crippen LogP contribution >= 0.6 is 0 Å². The van der Waals surface area contributed by atoms with Crippen molar-refractivity contribution in [2.45, 2.75) is 32.9 Å². The highest BCUT2D eigenvalue weighted by Crippen LogP contribution is 2.08. The van der Waals surface area contributed by atoms with Crippen LogP contribution in [0.1, 0.15) is 36.2 Å². The lowest BCUT2D eigenvalue weighted by atomic mass is 10.1. The number of carbonyl (C=O) groups is 2. The van der Waals surface area contributed by atoms with Gasteiger partial charge in [-0.25, -0.2) is 0 Å². The van der Waals surface area contributed by atoms with Crippen molar-refractivity contribution in [2.24, 2.45) is 0 Å². The summed E-state index contributed by atoms with van der Waals surface area (Å²) in [5.41, 5.74) is 1.63. The van der Waals surface area contributed by atoms with Crippen molar-refractivity contribution in [2.75, 3.05) is 20.6 Å². The van der Waals surface area contributed by atoms with Gasteiger partial charge in [-0.1, -0.05) is 19.1 Å². The molecule has 0 saturated heterocycles. The van der Waals surface area contributed by atoms with Crippen molar-refractivity contribution in [1.82, 2.24) is 15.5 Å². The molecule has 0 aromatic heterocycles. The number of nitrogens with one attached hydrogen (secondary N) is 2. The maximum atomic E-state index is 12.1. The molecule has 2 N–H and O–H groups in total. The first kappa shape index (κ1) is 17.2. The molecule has 1 unspecified atom stereocenters. The Morgan fingerprint density at radius 1 is 1.24 bits per heavy atom. The minimum atomic E-state index is -0.106. The van der Waals surface area contributed by atoms with E-state index in [1.54, 1.807) is 31.1 Å². The summed E-state index contributed by atoms with van der Waals surface area (Å²) in [6.07, 6.45) is 0.487. The topological polar surface area (TPSA) is 61.4 Å². The number of hydrogen-bond donors (Lipinski definition) is 2. The van der Waals surface area contributed by atoms with Gasteiger partial charge in [0.25, 0.3) is 5.91 Å². The molecule has 0 aliphatic carbocycles. The highest BCUT2D eigenvalue weighted by atomic mass is 16.2. The summed E-state index contributed by atoms with van der Waals surface area (Å²) >= 11 is 0. The van der Waals surface area contributed by atoms with Crippen LogP contribution in [0.25, 0.3) is 0 Å². The highest BCUT2D eigenvalue weighted by molar-refractivity contribution is 5.93. The van der Waals surface area contributed by atoms with Crippen LogP contribution in [0.15, 0.2) is 24.3 Å². The first-order valence-corrected chi connectivity index (χ1v) is 7.26. The van der Waals surface area contributed by atoms with Crippen LogP contribution in [-0.2, 0) is 11.3 Å².